The number of likely N-dealkylation sites (N-methyl/N-ethyl adjacent to an activating group) is 1. The first-order valence-corrected chi connectivity index (χ1v) is 10.3. The summed E-state index contributed by atoms with van der Waals surface area (Å²) in [6.45, 7) is 0.528. The van der Waals surface area contributed by atoms with Crippen molar-refractivity contribution >= 4 is 15.9 Å². The summed E-state index contributed by atoms with van der Waals surface area (Å²) in [5.41, 5.74) is 3.06. The number of hydrogen-bond donors (Lipinski definition) is 0. The van der Waals surface area contributed by atoms with E-state index in [4.69, 9.17) is 0 Å². The van der Waals surface area contributed by atoms with Gasteiger partial charge in [0.25, 0.3) is 5.91 Å². The van der Waals surface area contributed by atoms with Gasteiger partial charge in [-0.25, -0.2) is 12.7 Å². The zero-order valence-electron chi connectivity index (χ0n) is 14.7. The molecular formula is C20H22N2O3S. The van der Waals surface area contributed by atoms with Crippen molar-refractivity contribution in [1.29, 1.82) is 0 Å². The molecule has 1 saturated heterocycles. The third kappa shape index (κ3) is 2.93. The second-order valence-corrected chi connectivity index (χ2v) is 9.36. The topological polar surface area (TPSA) is 57.7 Å². The quantitative estimate of drug-likeness (QED) is 0.826. The average molecular weight is 370 g/mol. The molecule has 1 amide bonds. The largest absolute Gasteiger partial charge is 0.336 e. The highest BCUT2D eigenvalue weighted by atomic mass is 32.2. The van der Waals surface area contributed by atoms with Gasteiger partial charge in [0.1, 0.15) is 5.25 Å². The molecule has 4 rings (SSSR count). The third-order valence-corrected chi connectivity index (χ3v) is 7.76. The lowest BCUT2D eigenvalue weighted by Gasteiger charge is -2.41. The Morgan fingerprint density at radius 1 is 0.962 bits per heavy atom. The van der Waals surface area contributed by atoms with Gasteiger partial charge in [0, 0.05) is 31.7 Å². The fourth-order valence-corrected chi connectivity index (χ4v) is 5.56. The van der Waals surface area contributed by atoms with Crippen molar-refractivity contribution in [2.45, 2.75) is 24.1 Å². The molecule has 2 aromatic carbocycles. The van der Waals surface area contributed by atoms with Crippen LogP contribution in [0, 0.1) is 0 Å². The number of likely N-dealkylation sites (tertiary alicyclic amines) is 1. The summed E-state index contributed by atoms with van der Waals surface area (Å²) in [6.07, 6.45) is 1.51. The van der Waals surface area contributed by atoms with E-state index in [-0.39, 0.29) is 25.0 Å². The Morgan fingerprint density at radius 2 is 1.50 bits per heavy atom. The molecule has 1 aliphatic heterocycles. The van der Waals surface area contributed by atoms with E-state index in [1.165, 1.54) is 15.4 Å². The normalized spacial score (nSPS) is 18.0. The van der Waals surface area contributed by atoms with Crippen molar-refractivity contribution in [3.05, 3.63) is 71.3 Å². The van der Waals surface area contributed by atoms with Crippen LogP contribution in [0.4, 0.5) is 0 Å². The summed E-state index contributed by atoms with van der Waals surface area (Å²) in [5.74, 6) is -0.104. The number of rotatable bonds is 4. The number of benzene rings is 2. The van der Waals surface area contributed by atoms with Gasteiger partial charge in [-0.05, 0) is 36.1 Å². The van der Waals surface area contributed by atoms with Crippen LogP contribution in [-0.4, -0.2) is 55.0 Å². The molecular weight excluding hydrogens is 348 g/mol. The van der Waals surface area contributed by atoms with Crippen molar-refractivity contribution < 1.29 is 13.2 Å². The van der Waals surface area contributed by atoms with Crippen LogP contribution in [0.5, 0.6) is 0 Å². The number of sulfonamides is 1. The summed E-state index contributed by atoms with van der Waals surface area (Å²) < 4.78 is 27.4. The Hall–Kier alpha value is -2.18. The van der Waals surface area contributed by atoms with E-state index < -0.39 is 15.3 Å². The molecule has 1 aliphatic carbocycles. The lowest BCUT2D eigenvalue weighted by Crippen LogP contribution is -2.60. The second kappa shape index (κ2) is 6.52. The molecule has 6 heteroatoms. The Morgan fingerprint density at radius 3 is 2.08 bits per heavy atom. The van der Waals surface area contributed by atoms with Gasteiger partial charge in [0.15, 0.2) is 0 Å². The molecule has 0 radical (unpaired) electrons. The lowest BCUT2D eigenvalue weighted by molar-refractivity contribution is 0.0655. The Balaban J connectivity index is 1.40. The number of carbonyl (C=O) groups is 1. The number of nitrogens with zero attached hydrogens (tertiary/aromatic N) is 2. The molecule has 26 heavy (non-hydrogen) atoms. The van der Waals surface area contributed by atoms with Gasteiger partial charge in [-0.3, -0.25) is 4.79 Å². The van der Waals surface area contributed by atoms with E-state index in [0.717, 1.165) is 12.8 Å². The van der Waals surface area contributed by atoms with Crippen molar-refractivity contribution in [2.24, 2.45) is 0 Å². The van der Waals surface area contributed by atoms with Gasteiger partial charge in [-0.15, -0.1) is 0 Å². The van der Waals surface area contributed by atoms with Crippen molar-refractivity contribution in [2.75, 3.05) is 20.1 Å². The Bertz CT molecular complexity index is 896. The van der Waals surface area contributed by atoms with Crippen LogP contribution in [0.3, 0.4) is 0 Å². The number of amides is 1. The molecule has 2 aliphatic rings. The molecule has 0 bridgehead atoms. The maximum absolute atomic E-state index is 12.9. The fraction of sp³-hybridized carbons (Fsp3) is 0.350. The minimum absolute atomic E-state index is 0.0312. The van der Waals surface area contributed by atoms with Crippen molar-refractivity contribution in [3.8, 4) is 0 Å². The Labute approximate surface area is 154 Å². The van der Waals surface area contributed by atoms with E-state index >= 15 is 0 Å². The molecule has 0 spiro atoms. The maximum atomic E-state index is 12.9. The van der Waals surface area contributed by atoms with Gasteiger partial charge in [-0.2, -0.15) is 0 Å². The smallest absolute Gasteiger partial charge is 0.253 e. The molecule has 136 valence electrons. The number of fused-ring (bicyclic) bond motifs is 1. The first-order valence-electron chi connectivity index (χ1n) is 8.85. The molecule has 1 heterocycles. The van der Waals surface area contributed by atoms with Crippen LogP contribution in [-0.2, 0) is 22.9 Å². The van der Waals surface area contributed by atoms with E-state index in [9.17, 15) is 13.2 Å². The standard InChI is InChI=1S/C20H22N2O3S/c1-21(18-11-16-9-5-6-10-17(16)12-18)26(24,25)19-13-22(14-19)20(23)15-7-3-2-4-8-15/h2-10,18-19H,11-14H2,1H3. The van der Waals surface area contributed by atoms with E-state index in [0.29, 0.717) is 5.56 Å². The van der Waals surface area contributed by atoms with E-state index in [2.05, 4.69) is 12.1 Å². The summed E-state index contributed by atoms with van der Waals surface area (Å²) in [7, 11) is -1.74. The molecule has 0 N–H and O–H groups in total. The maximum Gasteiger partial charge on any atom is 0.253 e. The van der Waals surface area contributed by atoms with Crippen LogP contribution in [0.2, 0.25) is 0 Å². The van der Waals surface area contributed by atoms with E-state index in [1.807, 2.05) is 30.3 Å². The zero-order valence-corrected chi connectivity index (χ0v) is 15.5. The molecule has 1 fully saturated rings. The third-order valence-electron chi connectivity index (χ3n) is 5.52. The van der Waals surface area contributed by atoms with Gasteiger partial charge in [0.05, 0.1) is 0 Å². The summed E-state index contributed by atoms with van der Waals surface area (Å²) in [6, 6.07) is 17.1. The molecule has 0 aromatic heterocycles. The van der Waals surface area contributed by atoms with E-state index in [1.54, 1.807) is 24.1 Å². The average Bonchev–Trinajstić information content (AvgIpc) is 3.04. The predicted octanol–water partition coefficient (Wildman–Crippen LogP) is 1.94. The summed E-state index contributed by atoms with van der Waals surface area (Å²) >= 11 is 0. The van der Waals surface area contributed by atoms with Crippen LogP contribution < -0.4 is 0 Å². The van der Waals surface area contributed by atoms with Gasteiger partial charge < -0.3 is 4.90 Å². The SMILES string of the molecule is CN(C1Cc2ccccc2C1)S(=O)(=O)C1CN(C(=O)c2ccccc2)C1. The first kappa shape index (κ1) is 17.2. The Kier molecular flexibility index (Phi) is 4.32. The minimum Gasteiger partial charge on any atom is -0.336 e. The predicted molar refractivity (Wildman–Crippen MR) is 100 cm³/mol. The van der Waals surface area contributed by atoms with Crippen molar-refractivity contribution in [1.82, 2.24) is 9.21 Å². The molecule has 0 unspecified atom stereocenters. The second-order valence-electron chi connectivity index (χ2n) is 7.09. The minimum atomic E-state index is -3.41. The zero-order chi connectivity index (χ0) is 18.3. The fourth-order valence-electron chi connectivity index (χ4n) is 3.79. The van der Waals surface area contributed by atoms with Crippen LogP contribution in [0.1, 0.15) is 21.5 Å². The van der Waals surface area contributed by atoms with Gasteiger partial charge >= 0.3 is 0 Å². The molecule has 5 nitrogen and oxygen atoms in total. The summed E-state index contributed by atoms with van der Waals surface area (Å²) in [4.78, 5) is 14.0. The highest BCUT2D eigenvalue weighted by Crippen LogP contribution is 2.29. The first-order chi connectivity index (χ1) is 12.5. The van der Waals surface area contributed by atoms with Crippen LogP contribution in [0.15, 0.2) is 54.6 Å². The lowest BCUT2D eigenvalue weighted by atomic mass is 10.1. The van der Waals surface area contributed by atoms with Crippen molar-refractivity contribution in [3.63, 3.8) is 0 Å². The van der Waals surface area contributed by atoms with Gasteiger partial charge in [-0.1, -0.05) is 42.5 Å². The van der Waals surface area contributed by atoms with Crippen LogP contribution >= 0.6 is 0 Å². The highest BCUT2D eigenvalue weighted by molar-refractivity contribution is 7.89. The molecule has 2 aromatic rings. The van der Waals surface area contributed by atoms with Gasteiger partial charge in [0.2, 0.25) is 10.0 Å². The summed E-state index contributed by atoms with van der Waals surface area (Å²) in [5, 5.41) is -0.510. The number of hydrogen-bond acceptors (Lipinski definition) is 3. The monoisotopic (exact) mass is 370 g/mol. The molecule has 0 saturated carbocycles. The highest BCUT2D eigenvalue weighted by Gasteiger charge is 2.44. The molecule has 0 atom stereocenters. The number of carbonyl (C=O) groups excluding carboxylic acids is 1. The van der Waals surface area contributed by atoms with Crippen LogP contribution in [0.25, 0.3) is 0 Å².